The first kappa shape index (κ1) is 11.3. The van der Waals surface area contributed by atoms with Gasteiger partial charge >= 0.3 is 0 Å². The van der Waals surface area contributed by atoms with Crippen molar-refractivity contribution in [1.82, 2.24) is 0 Å². The van der Waals surface area contributed by atoms with Crippen LogP contribution in [-0.2, 0) is 0 Å². The first-order valence-electron chi connectivity index (χ1n) is 5.14. The highest BCUT2D eigenvalue weighted by atomic mass is 15.1. The summed E-state index contributed by atoms with van der Waals surface area (Å²) in [5.74, 6) is 0. The number of hydrogen-bond donors (Lipinski definition) is 0. The summed E-state index contributed by atoms with van der Waals surface area (Å²) in [6.07, 6.45) is 5.86. The van der Waals surface area contributed by atoms with Gasteiger partial charge in [-0.25, -0.2) is 0 Å². The Morgan fingerprint density at radius 2 is 2.13 bits per heavy atom. The average molecular weight is 201 g/mol. The topological polar surface area (TPSA) is 48.8 Å². The van der Waals surface area contributed by atoms with Gasteiger partial charge in [-0.05, 0) is 17.5 Å². The highest BCUT2D eigenvalue weighted by Crippen LogP contribution is 2.08. The molecule has 1 aromatic carbocycles. The summed E-state index contributed by atoms with van der Waals surface area (Å²) in [6, 6.07) is 9.98. The van der Waals surface area contributed by atoms with Crippen LogP contribution in [0.5, 0.6) is 0 Å². The van der Waals surface area contributed by atoms with E-state index in [4.69, 9.17) is 5.53 Å². The normalized spacial score (nSPS) is 12.3. The monoisotopic (exact) mass is 201 g/mol. The lowest BCUT2D eigenvalue weighted by molar-refractivity contribution is 0.701. The van der Waals surface area contributed by atoms with Crippen molar-refractivity contribution in [2.45, 2.75) is 25.8 Å². The molecule has 0 aliphatic rings. The maximum absolute atomic E-state index is 8.38. The summed E-state index contributed by atoms with van der Waals surface area (Å²) >= 11 is 0. The lowest BCUT2D eigenvalue weighted by Crippen LogP contribution is -1.96. The number of azide groups is 1. The Labute approximate surface area is 90.1 Å². The minimum Gasteiger partial charge on any atom is -0.0865 e. The van der Waals surface area contributed by atoms with Crippen molar-refractivity contribution in [2.24, 2.45) is 5.11 Å². The zero-order valence-electron chi connectivity index (χ0n) is 8.87. The molecule has 0 aromatic heterocycles. The molecule has 0 N–H and O–H groups in total. The third-order valence-electron chi connectivity index (χ3n) is 2.09. The molecule has 0 bridgehead atoms. The zero-order chi connectivity index (χ0) is 10.9. The van der Waals surface area contributed by atoms with Crippen molar-refractivity contribution < 1.29 is 0 Å². The summed E-state index contributed by atoms with van der Waals surface area (Å²) in [5.41, 5.74) is 9.52. The molecule has 0 saturated heterocycles. The van der Waals surface area contributed by atoms with Gasteiger partial charge in [0, 0.05) is 4.91 Å². The molecule has 15 heavy (non-hydrogen) atoms. The Kier molecular flexibility index (Phi) is 5.06. The van der Waals surface area contributed by atoms with Crippen LogP contribution in [0.25, 0.3) is 16.5 Å². The van der Waals surface area contributed by atoms with Gasteiger partial charge in [-0.2, -0.15) is 0 Å². The summed E-state index contributed by atoms with van der Waals surface area (Å²) in [7, 11) is 0. The van der Waals surface area contributed by atoms with Gasteiger partial charge in [-0.15, -0.1) is 0 Å². The van der Waals surface area contributed by atoms with Gasteiger partial charge in [-0.3, -0.25) is 0 Å². The maximum atomic E-state index is 8.38. The van der Waals surface area contributed by atoms with Crippen LogP contribution in [0.4, 0.5) is 0 Å². The van der Waals surface area contributed by atoms with Gasteiger partial charge in [0.05, 0.1) is 6.04 Å². The van der Waals surface area contributed by atoms with Crippen molar-refractivity contribution in [3.05, 3.63) is 52.4 Å². The Balaban J connectivity index is 2.65. The second-order valence-electron chi connectivity index (χ2n) is 3.33. The molecule has 0 aliphatic heterocycles. The van der Waals surface area contributed by atoms with E-state index in [-0.39, 0.29) is 6.04 Å². The Morgan fingerprint density at radius 1 is 1.40 bits per heavy atom. The smallest absolute Gasteiger partial charge is 0.0558 e. The predicted octanol–water partition coefficient (Wildman–Crippen LogP) is 4.18. The van der Waals surface area contributed by atoms with Gasteiger partial charge in [0.15, 0.2) is 0 Å². The second-order valence-corrected chi connectivity index (χ2v) is 3.33. The molecular formula is C12H15N3. The van der Waals surface area contributed by atoms with Crippen LogP contribution in [-0.4, -0.2) is 6.04 Å². The molecule has 1 aromatic rings. The fourth-order valence-electron chi connectivity index (χ4n) is 1.34. The number of rotatable bonds is 5. The number of benzene rings is 1. The molecule has 0 radical (unpaired) electrons. The molecule has 0 fully saturated rings. The molecule has 3 nitrogen and oxygen atoms in total. The van der Waals surface area contributed by atoms with Crippen LogP contribution >= 0.6 is 0 Å². The Bertz CT molecular complexity index is 350. The summed E-state index contributed by atoms with van der Waals surface area (Å²) in [4.78, 5) is 2.84. The molecule has 1 rings (SSSR count). The lowest BCUT2D eigenvalue weighted by atomic mass is 10.1. The largest absolute Gasteiger partial charge is 0.0865 e. The van der Waals surface area contributed by atoms with E-state index in [2.05, 4.69) is 16.9 Å². The van der Waals surface area contributed by atoms with Gasteiger partial charge < -0.3 is 0 Å². The molecule has 0 saturated carbocycles. The fraction of sp³-hybridized carbons (Fsp3) is 0.333. The highest BCUT2D eigenvalue weighted by Gasteiger charge is 1.98. The third-order valence-corrected chi connectivity index (χ3v) is 2.09. The fourth-order valence-corrected chi connectivity index (χ4v) is 1.34. The standard InChI is InChI=1S/C12H15N3/c1-2-6-12(14-15-13)10-9-11-7-4-3-5-8-11/h3-5,7-10,12H,2,6H2,1H3/b10-9+/t12-/m1/s1. The molecule has 0 spiro atoms. The van der Waals surface area contributed by atoms with E-state index in [1.807, 2.05) is 42.5 Å². The maximum Gasteiger partial charge on any atom is 0.0558 e. The molecule has 78 valence electrons. The van der Waals surface area contributed by atoms with Crippen LogP contribution in [0.2, 0.25) is 0 Å². The van der Waals surface area contributed by atoms with Gasteiger partial charge in [0.25, 0.3) is 0 Å². The summed E-state index contributed by atoms with van der Waals surface area (Å²) < 4.78 is 0. The zero-order valence-corrected chi connectivity index (χ0v) is 8.87. The van der Waals surface area contributed by atoms with Crippen LogP contribution in [0.1, 0.15) is 25.3 Å². The Morgan fingerprint density at radius 3 is 2.73 bits per heavy atom. The van der Waals surface area contributed by atoms with E-state index in [9.17, 15) is 0 Å². The van der Waals surface area contributed by atoms with E-state index in [1.54, 1.807) is 0 Å². The second kappa shape index (κ2) is 6.68. The van der Waals surface area contributed by atoms with E-state index in [1.165, 1.54) is 0 Å². The van der Waals surface area contributed by atoms with Gasteiger partial charge in [-0.1, -0.05) is 60.9 Å². The van der Waals surface area contributed by atoms with Crippen LogP contribution in [0, 0.1) is 0 Å². The van der Waals surface area contributed by atoms with Crippen molar-refractivity contribution in [3.63, 3.8) is 0 Å². The minimum atomic E-state index is -0.0276. The molecule has 0 heterocycles. The average Bonchev–Trinajstić information content (AvgIpc) is 2.28. The van der Waals surface area contributed by atoms with Crippen molar-refractivity contribution in [1.29, 1.82) is 0 Å². The molecule has 0 unspecified atom stereocenters. The van der Waals surface area contributed by atoms with Crippen molar-refractivity contribution in [3.8, 4) is 0 Å². The number of nitrogens with zero attached hydrogens (tertiary/aromatic N) is 3. The number of hydrogen-bond acceptors (Lipinski definition) is 1. The van der Waals surface area contributed by atoms with Gasteiger partial charge in [0.1, 0.15) is 0 Å². The SMILES string of the molecule is CCC[C@H](/C=C/c1ccccc1)N=[N+]=[N-]. The van der Waals surface area contributed by atoms with Crippen LogP contribution < -0.4 is 0 Å². The molecule has 0 amide bonds. The van der Waals surface area contributed by atoms with E-state index in [0.717, 1.165) is 18.4 Å². The van der Waals surface area contributed by atoms with Crippen molar-refractivity contribution >= 4 is 6.08 Å². The molecular weight excluding hydrogens is 186 g/mol. The first-order valence-corrected chi connectivity index (χ1v) is 5.14. The van der Waals surface area contributed by atoms with E-state index in [0.29, 0.717) is 0 Å². The molecule has 3 heteroatoms. The molecule has 0 aliphatic carbocycles. The van der Waals surface area contributed by atoms with E-state index >= 15 is 0 Å². The predicted molar refractivity (Wildman–Crippen MR) is 63.3 cm³/mol. The summed E-state index contributed by atoms with van der Waals surface area (Å²) in [6.45, 7) is 2.08. The van der Waals surface area contributed by atoms with Gasteiger partial charge in [0.2, 0.25) is 0 Å². The minimum absolute atomic E-state index is 0.0276. The van der Waals surface area contributed by atoms with Crippen LogP contribution in [0.15, 0.2) is 41.5 Å². The van der Waals surface area contributed by atoms with Crippen molar-refractivity contribution in [2.75, 3.05) is 0 Å². The quantitative estimate of drug-likeness (QED) is 0.390. The highest BCUT2D eigenvalue weighted by molar-refractivity contribution is 5.49. The summed E-state index contributed by atoms with van der Waals surface area (Å²) in [5, 5.41) is 3.72. The first-order chi connectivity index (χ1) is 7.36. The van der Waals surface area contributed by atoms with Crippen LogP contribution in [0.3, 0.4) is 0 Å². The van der Waals surface area contributed by atoms with E-state index < -0.39 is 0 Å². The Hall–Kier alpha value is -1.73. The lowest BCUT2D eigenvalue weighted by Gasteiger charge is -2.02. The third kappa shape index (κ3) is 4.34. The molecule has 1 atom stereocenters.